The molecule has 0 fully saturated rings. The molecule has 2 heterocycles. The fraction of sp³-hybridized carbons (Fsp3) is 0.182. The molecule has 0 unspecified atom stereocenters. The van der Waals surface area contributed by atoms with Gasteiger partial charge in [-0.2, -0.15) is 9.97 Å². The second-order valence-corrected chi connectivity index (χ2v) is 4.13. The van der Waals surface area contributed by atoms with Gasteiger partial charge in [0, 0.05) is 24.4 Å². The highest BCUT2D eigenvalue weighted by molar-refractivity contribution is 9.10. The Kier molecular flexibility index (Phi) is 3.87. The van der Waals surface area contributed by atoms with Gasteiger partial charge in [0.1, 0.15) is 10.4 Å². The van der Waals surface area contributed by atoms with Crippen LogP contribution in [0.2, 0.25) is 0 Å². The predicted octanol–water partition coefficient (Wildman–Crippen LogP) is 1.84. The monoisotopic (exact) mass is 294 g/mol. The molecular formula is C11H11BrN4O. The Morgan fingerprint density at radius 2 is 2.18 bits per heavy atom. The molecule has 0 aliphatic carbocycles. The molecule has 2 N–H and O–H groups in total. The van der Waals surface area contributed by atoms with Gasteiger partial charge < -0.3 is 10.5 Å². The highest BCUT2D eigenvalue weighted by atomic mass is 79.9. The van der Waals surface area contributed by atoms with Crippen molar-refractivity contribution in [1.29, 1.82) is 0 Å². The molecule has 88 valence electrons. The minimum absolute atomic E-state index is 0.271. The maximum atomic E-state index is 5.57. The van der Waals surface area contributed by atoms with Crippen LogP contribution in [0.3, 0.4) is 0 Å². The number of nitrogens with two attached hydrogens (primary N) is 1. The topological polar surface area (TPSA) is 73.9 Å². The smallest absolute Gasteiger partial charge is 0.319 e. The number of aromatic nitrogens is 3. The first-order valence-corrected chi connectivity index (χ1v) is 5.86. The van der Waals surface area contributed by atoms with Gasteiger partial charge in [-0.25, -0.2) is 0 Å². The molecule has 2 aromatic heterocycles. The number of nitrogens with zero attached hydrogens (tertiary/aromatic N) is 3. The van der Waals surface area contributed by atoms with E-state index in [1.165, 1.54) is 0 Å². The molecule has 0 bridgehead atoms. The minimum atomic E-state index is 0.271. The summed E-state index contributed by atoms with van der Waals surface area (Å²) in [5, 5.41) is 0. The molecule has 5 nitrogen and oxygen atoms in total. The van der Waals surface area contributed by atoms with Gasteiger partial charge >= 0.3 is 6.01 Å². The summed E-state index contributed by atoms with van der Waals surface area (Å²) in [6.07, 6.45) is 2.46. The number of halogens is 1. The summed E-state index contributed by atoms with van der Waals surface area (Å²) in [5.41, 5.74) is 6.54. The molecule has 2 aromatic rings. The fourth-order valence-electron chi connectivity index (χ4n) is 1.27. The summed E-state index contributed by atoms with van der Waals surface area (Å²) < 4.78 is 6.01. The highest BCUT2D eigenvalue weighted by Crippen LogP contribution is 2.13. The predicted molar refractivity (Wildman–Crippen MR) is 67.6 cm³/mol. The van der Waals surface area contributed by atoms with Gasteiger partial charge in [0.25, 0.3) is 0 Å². The minimum Gasteiger partial charge on any atom is -0.463 e. The Morgan fingerprint density at radius 3 is 2.88 bits per heavy atom. The Labute approximate surface area is 107 Å². The average Bonchev–Trinajstić information content (AvgIpc) is 2.29. The van der Waals surface area contributed by atoms with Crippen molar-refractivity contribution in [2.75, 3.05) is 12.3 Å². The third-order valence-corrected chi connectivity index (χ3v) is 2.42. The molecule has 0 aromatic carbocycles. The molecule has 0 aliphatic heterocycles. The number of hydrogen-bond donors (Lipinski definition) is 1. The van der Waals surface area contributed by atoms with Crippen LogP contribution in [0.1, 0.15) is 5.69 Å². The van der Waals surface area contributed by atoms with E-state index in [4.69, 9.17) is 10.5 Å². The van der Waals surface area contributed by atoms with Crippen molar-refractivity contribution in [3.8, 4) is 6.01 Å². The van der Waals surface area contributed by atoms with Crippen molar-refractivity contribution in [3.63, 3.8) is 0 Å². The zero-order valence-corrected chi connectivity index (χ0v) is 10.6. The third kappa shape index (κ3) is 3.67. The molecule has 0 amide bonds. The van der Waals surface area contributed by atoms with Crippen LogP contribution in [-0.4, -0.2) is 21.6 Å². The third-order valence-electron chi connectivity index (χ3n) is 2.01. The molecular weight excluding hydrogens is 284 g/mol. The van der Waals surface area contributed by atoms with Crippen molar-refractivity contribution in [2.45, 2.75) is 6.42 Å². The molecule has 0 saturated heterocycles. The van der Waals surface area contributed by atoms with E-state index in [0.717, 1.165) is 5.69 Å². The lowest BCUT2D eigenvalue weighted by atomic mass is 10.3. The molecule has 0 saturated carbocycles. The fourth-order valence-corrected chi connectivity index (χ4v) is 1.66. The Balaban J connectivity index is 1.90. The lowest BCUT2D eigenvalue weighted by molar-refractivity contribution is 0.295. The zero-order valence-electron chi connectivity index (χ0n) is 9.01. The number of ether oxygens (including phenoxy) is 1. The van der Waals surface area contributed by atoms with Crippen LogP contribution in [0, 0.1) is 0 Å². The first-order chi connectivity index (χ1) is 8.24. The highest BCUT2D eigenvalue weighted by Gasteiger charge is 2.02. The van der Waals surface area contributed by atoms with Crippen molar-refractivity contribution < 1.29 is 4.74 Å². The van der Waals surface area contributed by atoms with Crippen LogP contribution in [-0.2, 0) is 6.42 Å². The molecule has 2 rings (SSSR count). The average molecular weight is 295 g/mol. The standard InChI is InChI=1S/C11H11BrN4O/c12-9-7-10(13)16-11(15-9)17-6-4-8-3-1-2-5-14-8/h1-3,5,7H,4,6H2,(H2,13,15,16). The first-order valence-electron chi connectivity index (χ1n) is 5.07. The van der Waals surface area contributed by atoms with Crippen LogP contribution >= 0.6 is 15.9 Å². The normalized spacial score (nSPS) is 10.2. The van der Waals surface area contributed by atoms with Crippen LogP contribution in [0.15, 0.2) is 35.1 Å². The SMILES string of the molecule is Nc1cc(Br)nc(OCCc2ccccn2)n1. The van der Waals surface area contributed by atoms with Crippen molar-refractivity contribution >= 4 is 21.7 Å². The summed E-state index contributed by atoms with van der Waals surface area (Å²) in [6, 6.07) is 7.65. The van der Waals surface area contributed by atoms with Crippen LogP contribution in [0.5, 0.6) is 6.01 Å². The second-order valence-electron chi connectivity index (χ2n) is 3.32. The number of pyridine rings is 1. The Bertz CT molecular complexity index is 472. The van der Waals surface area contributed by atoms with Gasteiger partial charge in [0.15, 0.2) is 0 Å². The van der Waals surface area contributed by atoms with Gasteiger partial charge in [-0.3, -0.25) is 4.98 Å². The molecule has 17 heavy (non-hydrogen) atoms. The summed E-state index contributed by atoms with van der Waals surface area (Å²) in [4.78, 5) is 12.2. The van der Waals surface area contributed by atoms with Gasteiger partial charge in [-0.1, -0.05) is 6.07 Å². The number of nitrogen functional groups attached to an aromatic ring is 1. The van der Waals surface area contributed by atoms with Crippen molar-refractivity contribution in [3.05, 3.63) is 40.8 Å². The maximum absolute atomic E-state index is 5.57. The maximum Gasteiger partial charge on any atom is 0.319 e. The molecule has 6 heteroatoms. The number of rotatable bonds is 4. The van der Waals surface area contributed by atoms with E-state index in [0.29, 0.717) is 23.4 Å². The van der Waals surface area contributed by atoms with Crippen molar-refractivity contribution in [1.82, 2.24) is 15.0 Å². The Hall–Kier alpha value is -1.69. The van der Waals surface area contributed by atoms with E-state index in [1.54, 1.807) is 12.3 Å². The quantitative estimate of drug-likeness (QED) is 0.871. The Morgan fingerprint density at radius 1 is 1.29 bits per heavy atom. The van der Waals surface area contributed by atoms with Gasteiger partial charge in [0.2, 0.25) is 0 Å². The van der Waals surface area contributed by atoms with E-state index in [2.05, 4.69) is 30.9 Å². The van der Waals surface area contributed by atoms with Crippen LogP contribution in [0.4, 0.5) is 5.82 Å². The number of anilines is 1. The van der Waals surface area contributed by atoms with E-state index in [1.807, 2.05) is 18.2 Å². The lowest BCUT2D eigenvalue weighted by Crippen LogP contribution is -2.06. The van der Waals surface area contributed by atoms with E-state index in [9.17, 15) is 0 Å². The van der Waals surface area contributed by atoms with E-state index in [-0.39, 0.29) is 6.01 Å². The lowest BCUT2D eigenvalue weighted by Gasteiger charge is -2.04. The van der Waals surface area contributed by atoms with Gasteiger partial charge in [-0.05, 0) is 28.1 Å². The van der Waals surface area contributed by atoms with E-state index < -0.39 is 0 Å². The summed E-state index contributed by atoms with van der Waals surface area (Å²) in [5.74, 6) is 0.375. The zero-order chi connectivity index (χ0) is 12.1. The summed E-state index contributed by atoms with van der Waals surface area (Å²) in [6.45, 7) is 0.465. The van der Waals surface area contributed by atoms with Gasteiger partial charge in [-0.15, -0.1) is 0 Å². The number of hydrogen-bond acceptors (Lipinski definition) is 5. The van der Waals surface area contributed by atoms with Crippen LogP contribution < -0.4 is 10.5 Å². The van der Waals surface area contributed by atoms with Gasteiger partial charge in [0.05, 0.1) is 6.61 Å². The molecule has 0 radical (unpaired) electrons. The summed E-state index contributed by atoms with van der Waals surface area (Å²) in [7, 11) is 0. The second kappa shape index (κ2) is 5.58. The first kappa shape index (κ1) is 11.8. The summed E-state index contributed by atoms with van der Waals surface area (Å²) >= 11 is 3.23. The molecule has 0 spiro atoms. The molecule has 0 atom stereocenters. The van der Waals surface area contributed by atoms with Crippen LogP contribution in [0.25, 0.3) is 0 Å². The largest absolute Gasteiger partial charge is 0.463 e. The molecule has 0 aliphatic rings. The van der Waals surface area contributed by atoms with E-state index >= 15 is 0 Å². The van der Waals surface area contributed by atoms with Crippen molar-refractivity contribution in [2.24, 2.45) is 0 Å².